The molecule has 0 aliphatic heterocycles. The Morgan fingerprint density at radius 3 is 2.67 bits per heavy atom. The third kappa shape index (κ3) is 1.96. The second-order valence-corrected chi connectivity index (χ2v) is 3.67. The van der Waals surface area contributed by atoms with E-state index in [0.717, 1.165) is 11.4 Å². The summed E-state index contributed by atoms with van der Waals surface area (Å²) >= 11 is 0. The van der Waals surface area contributed by atoms with Gasteiger partial charge >= 0.3 is 0 Å². The largest absolute Gasteiger partial charge is 0.384 e. The summed E-state index contributed by atoms with van der Waals surface area (Å²) in [5.74, 6) is 2.37. The van der Waals surface area contributed by atoms with Crippen LogP contribution in [0, 0.1) is 0 Å². The van der Waals surface area contributed by atoms with E-state index in [2.05, 4.69) is 34.0 Å². The number of aromatic nitrogens is 4. The van der Waals surface area contributed by atoms with Crippen molar-refractivity contribution in [2.75, 3.05) is 5.73 Å². The number of nitrogen functional groups attached to an aromatic ring is 1. The first kappa shape index (κ1) is 9.64. The Morgan fingerprint density at radius 1 is 1.33 bits per heavy atom. The summed E-state index contributed by atoms with van der Waals surface area (Å²) in [6, 6.07) is 3.59. The average Bonchev–Trinajstić information content (AvgIpc) is 2.68. The molecule has 0 aromatic carbocycles. The standard InChI is InChI=1S/C10H13N5/c1-6(2)9-13-10(15-14-9)7-3-4-8(11)12-5-7/h3-6H,1-2H3,(H2,11,12)(H,13,14,15). The highest BCUT2D eigenvalue weighted by Gasteiger charge is 2.08. The molecule has 3 N–H and O–H groups in total. The third-order valence-electron chi connectivity index (χ3n) is 2.09. The average molecular weight is 203 g/mol. The molecule has 0 amide bonds. The molecule has 0 saturated heterocycles. The first-order chi connectivity index (χ1) is 7.16. The van der Waals surface area contributed by atoms with Crippen LogP contribution in [0.4, 0.5) is 5.82 Å². The van der Waals surface area contributed by atoms with Crippen LogP contribution >= 0.6 is 0 Å². The zero-order valence-electron chi connectivity index (χ0n) is 8.73. The monoisotopic (exact) mass is 203 g/mol. The summed E-state index contributed by atoms with van der Waals surface area (Å²) < 4.78 is 0. The summed E-state index contributed by atoms with van der Waals surface area (Å²) in [5, 5.41) is 7.02. The van der Waals surface area contributed by atoms with E-state index in [4.69, 9.17) is 5.73 Å². The van der Waals surface area contributed by atoms with Crippen molar-refractivity contribution in [3.05, 3.63) is 24.2 Å². The lowest BCUT2D eigenvalue weighted by Crippen LogP contribution is -1.91. The summed E-state index contributed by atoms with van der Waals surface area (Å²) in [7, 11) is 0. The summed E-state index contributed by atoms with van der Waals surface area (Å²) in [4.78, 5) is 8.36. The molecular formula is C10H13N5. The fourth-order valence-electron chi connectivity index (χ4n) is 1.20. The Labute approximate surface area is 87.8 Å². The maximum atomic E-state index is 5.50. The molecule has 5 nitrogen and oxygen atoms in total. The maximum Gasteiger partial charge on any atom is 0.182 e. The fourth-order valence-corrected chi connectivity index (χ4v) is 1.20. The van der Waals surface area contributed by atoms with Gasteiger partial charge in [-0.15, -0.1) is 0 Å². The Bertz CT molecular complexity index is 443. The molecule has 2 aromatic rings. The van der Waals surface area contributed by atoms with Crippen molar-refractivity contribution in [3.8, 4) is 11.4 Å². The summed E-state index contributed by atoms with van der Waals surface area (Å²) in [6.07, 6.45) is 1.67. The van der Waals surface area contributed by atoms with Gasteiger partial charge in [0.15, 0.2) is 5.82 Å². The number of pyridine rings is 1. The van der Waals surface area contributed by atoms with Crippen LogP contribution in [-0.4, -0.2) is 20.2 Å². The number of hydrogen-bond donors (Lipinski definition) is 2. The molecule has 0 radical (unpaired) electrons. The maximum absolute atomic E-state index is 5.50. The van der Waals surface area contributed by atoms with Gasteiger partial charge in [0.25, 0.3) is 0 Å². The van der Waals surface area contributed by atoms with Crippen LogP contribution in [0.15, 0.2) is 18.3 Å². The molecule has 0 atom stereocenters. The zero-order valence-corrected chi connectivity index (χ0v) is 8.73. The third-order valence-corrected chi connectivity index (χ3v) is 2.09. The Balaban J connectivity index is 2.33. The molecule has 2 rings (SSSR count). The molecule has 2 heterocycles. The molecule has 15 heavy (non-hydrogen) atoms. The first-order valence-electron chi connectivity index (χ1n) is 4.81. The fraction of sp³-hybridized carbons (Fsp3) is 0.300. The molecule has 0 aliphatic rings. The number of nitrogens with zero attached hydrogens (tertiary/aromatic N) is 3. The molecule has 0 aliphatic carbocycles. The van der Waals surface area contributed by atoms with E-state index in [9.17, 15) is 0 Å². The van der Waals surface area contributed by atoms with Crippen molar-refractivity contribution in [1.82, 2.24) is 20.2 Å². The zero-order chi connectivity index (χ0) is 10.8. The molecule has 0 bridgehead atoms. The highest BCUT2D eigenvalue weighted by Crippen LogP contribution is 2.16. The molecular weight excluding hydrogens is 190 g/mol. The lowest BCUT2D eigenvalue weighted by molar-refractivity contribution is 0.781. The van der Waals surface area contributed by atoms with Crippen molar-refractivity contribution in [2.24, 2.45) is 0 Å². The number of aromatic amines is 1. The van der Waals surface area contributed by atoms with Gasteiger partial charge in [-0.3, -0.25) is 5.10 Å². The number of H-pyrrole nitrogens is 1. The van der Waals surface area contributed by atoms with E-state index in [1.165, 1.54) is 0 Å². The minimum absolute atomic E-state index is 0.341. The number of rotatable bonds is 2. The minimum Gasteiger partial charge on any atom is -0.384 e. The SMILES string of the molecule is CC(C)c1nc(-c2ccc(N)nc2)n[nH]1. The van der Waals surface area contributed by atoms with Crippen LogP contribution in [0.2, 0.25) is 0 Å². The molecule has 5 heteroatoms. The van der Waals surface area contributed by atoms with E-state index in [0.29, 0.717) is 17.6 Å². The number of nitrogens with two attached hydrogens (primary N) is 1. The van der Waals surface area contributed by atoms with Gasteiger partial charge < -0.3 is 5.73 Å². The van der Waals surface area contributed by atoms with Gasteiger partial charge in [-0.05, 0) is 12.1 Å². The first-order valence-corrected chi connectivity index (χ1v) is 4.81. The van der Waals surface area contributed by atoms with Gasteiger partial charge in [-0.2, -0.15) is 5.10 Å². The lowest BCUT2D eigenvalue weighted by Gasteiger charge is -1.96. The van der Waals surface area contributed by atoms with Crippen LogP contribution in [0.5, 0.6) is 0 Å². The van der Waals surface area contributed by atoms with E-state index < -0.39 is 0 Å². The number of hydrogen-bond acceptors (Lipinski definition) is 4. The van der Waals surface area contributed by atoms with Crippen molar-refractivity contribution in [3.63, 3.8) is 0 Å². The van der Waals surface area contributed by atoms with E-state index in [1.807, 2.05) is 6.07 Å². The van der Waals surface area contributed by atoms with Gasteiger partial charge in [0, 0.05) is 17.7 Å². The second kappa shape index (κ2) is 3.68. The lowest BCUT2D eigenvalue weighted by atomic mass is 10.2. The Hall–Kier alpha value is -1.91. The molecule has 78 valence electrons. The van der Waals surface area contributed by atoms with E-state index in [-0.39, 0.29) is 0 Å². The van der Waals surface area contributed by atoms with Crippen molar-refractivity contribution < 1.29 is 0 Å². The molecule has 0 saturated carbocycles. The predicted molar refractivity (Wildman–Crippen MR) is 58.1 cm³/mol. The minimum atomic E-state index is 0.341. The van der Waals surface area contributed by atoms with Crippen molar-refractivity contribution >= 4 is 5.82 Å². The topological polar surface area (TPSA) is 80.5 Å². The van der Waals surface area contributed by atoms with Crippen LogP contribution in [0.1, 0.15) is 25.6 Å². The van der Waals surface area contributed by atoms with Gasteiger partial charge in [0.05, 0.1) is 0 Å². The van der Waals surface area contributed by atoms with Gasteiger partial charge in [-0.1, -0.05) is 13.8 Å². The number of nitrogens with one attached hydrogen (secondary N) is 1. The van der Waals surface area contributed by atoms with Crippen LogP contribution in [-0.2, 0) is 0 Å². The summed E-state index contributed by atoms with van der Waals surface area (Å²) in [5.41, 5.74) is 6.37. The smallest absolute Gasteiger partial charge is 0.182 e. The highest BCUT2D eigenvalue weighted by atomic mass is 15.2. The Kier molecular flexibility index (Phi) is 2.37. The normalized spacial score (nSPS) is 10.9. The number of anilines is 1. The van der Waals surface area contributed by atoms with Crippen LogP contribution in [0.25, 0.3) is 11.4 Å². The molecule has 2 aromatic heterocycles. The predicted octanol–water partition coefficient (Wildman–Crippen LogP) is 1.57. The highest BCUT2D eigenvalue weighted by molar-refractivity contribution is 5.54. The van der Waals surface area contributed by atoms with E-state index in [1.54, 1.807) is 12.3 Å². The second-order valence-electron chi connectivity index (χ2n) is 3.67. The molecule has 0 spiro atoms. The van der Waals surface area contributed by atoms with Crippen LogP contribution < -0.4 is 5.73 Å². The molecule has 0 unspecified atom stereocenters. The van der Waals surface area contributed by atoms with Gasteiger partial charge in [-0.25, -0.2) is 9.97 Å². The molecule has 0 fully saturated rings. The Morgan fingerprint density at radius 2 is 2.13 bits per heavy atom. The van der Waals surface area contributed by atoms with Crippen molar-refractivity contribution in [1.29, 1.82) is 0 Å². The van der Waals surface area contributed by atoms with E-state index >= 15 is 0 Å². The summed E-state index contributed by atoms with van der Waals surface area (Å²) in [6.45, 7) is 4.12. The van der Waals surface area contributed by atoms with Crippen molar-refractivity contribution in [2.45, 2.75) is 19.8 Å². The van der Waals surface area contributed by atoms with Gasteiger partial charge in [0.2, 0.25) is 0 Å². The quantitative estimate of drug-likeness (QED) is 0.776. The van der Waals surface area contributed by atoms with Gasteiger partial charge in [0.1, 0.15) is 11.6 Å². The van der Waals surface area contributed by atoms with Crippen LogP contribution in [0.3, 0.4) is 0 Å².